The van der Waals surface area contributed by atoms with E-state index in [0.717, 1.165) is 15.6 Å². The molecule has 0 saturated heterocycles. The molecule has 3 N–H and O–H groups in total. The Kier molecular flexibility index (Phi) is 4.58. The van der Waals surface area contributed by atoms with Crippen molar-refractivity contribution in [2.75, 3.05) is 0 Å². The zero-order valence-electron chi connectivity index (χ0n) is 10.3. The molecule has 2 aromatic rings. The summed E-state index contributed by atoms with van der Waals surface area (Å²) in [6.45, 7) is 1.91. The highest BCUT2D eigenvalue weighted by atomic mass is 79.9. The van der Waals surface area contributed by atoms with Crippen LogP contribution in [0.25, 0.3) is 0 Å². The van der Waals surface area contributed by atoms with Gasteiger partial charge in [0, 0.05) is 15.1 Å². The number of hydrogen-bond donors (Lipinski definition) is 2. The van der Waals surface area contributed by atoms with Gasteiger partial charge in [-0.15, -0.1) is 0 Å². The molecule has 0 aromatic heterocycles. The molecule has 19 heavy (non-hydrogen) atoms. The summed E-state index contributed by atoms with van der Waals surface area (Å²) < 4.78 is 14.7. The van der Waals surface area contributed by atoms with Gasteiger partial charge >= 0.3 is 0 Å². The minimum Gasteiger partial charge on any atom is -0.271 e. The molecule has 2 aromatic carbocycles. The van der Waals surface area contributed by atoms with E-state index in [-0.39, 0.29) is 5.82 Å². The normalized spacial score (nSPS) is 12.5. The van der Waals surface area contributed by atoms with Crippen LogP contribution in [0.15, 0.2) is 40.9 Å². The van der Waals surface area contributed by atoms with E-state index < -0.39 is 6.04 Å². The summed E-state index contributed by atoms with van der Waals surface area (Å²) in [6.07, 6.45) is 0. The minimum atomic E-state index is -0.449. The minimum absolute atomic E-state index is 0.317. The highest BCUT2D eigenvalue weighted by Crippen LogP contribution is 2.29. The van der Waals surface area contributed by atoms with Gasteiger partial charge in [-0.2, -0.15) is 0 Å². The van der Waals surface area contributed by atoms with E-state index in [1.807, 2.05) is 19.1 Å². The molecule has 2 nitrogen and oxygen atoms in total. The van der Waals surface area contributed by atoms with Crippen molar-refractivity contribution in [3.63, 3.8) is 0 Å². The van der Waals surface area contributed by atoms with Crippen LogP contribution in [0.3, 0.4) is 0 Å². The number of benzene rings is 2. The lowest BCUT2D eigenvalue weighted by atomic mass is 9.98. The van der Waals surface area contributed by atoms with Crippen molar-refractivity contribution in [3.05, 3.63) is 68.4 Å². The lowest BCUT2D eigenvalue weighted by Gasteiger charge is -2.18. The van der Waals surface area contributed by atoms with E-state index in [2.05, 4.69) is 21.4 Å². The van der Waals surface area contributed by atoms with Gasteiger partial charge in [-0.3, -0.25) is 5.84 Å². The predicted molar refractivity (Wildman–Crippen MR) is 79.5 cm³/mol. The van der Waals surface area contributed by atoms with Crippen molar-refractivity contribution in [2.45, 2.75) is 13.0 Å². The fourth-order valence-electron chi connectivity index (χ4n) is 1.89. The smallest absolute Gasteiger partial charge is 0.128 e. The summed E-state index contributed by atoms with van der Waals surface area (Å²) in [5, 5.41) is 0.633. The third kappa shape index (κ3) is 3.15. The van der Waals surface area contributed by atoms with E-state index >= 15 is 0 Å². The summed E-state index contributed by atoms with van der Waals surface area (Å²) >= 11 is 9.43. The molecule has 0 radical (unpaired) electrons. The van der Waals surface area contributed by atoms with Crippen LogP contribution in [0.2, 0.25) is 5.02 Å². The van der Waals surface area contributed by atoms with Gasteiger partial charge in [-0.25, -0.2) is 9.82 Å². The second kappa shape index (κ2) is 6.01. The van der Waals surface area contributed by atoms with Gasteiger partial charge in [-0.05, 0) is 42.3 Å². The third-order valence-electron chi connectivity index (χ3n) is 2.96. The van der Waals surface area contributed by atoms with Gasteiger partial charge in [0.25, 0.3) is 0 Å². The van der Waals surface area contributed by atoms with E-state index in [4.69, 9.17) is 17.4 Å². The summed E-state index contributed by atoms with van der Waals surface area (Å²) in [7, 11) is 0. The lowest BCUT2D eigenvalue weighted by Crippen LogP contribution is -2.29. The maximum Gasteiger partial charge on any atom is 0.128 e. The summed E-state index contributed by atoms with van der Waals surface area (Å²) in [5.41, 5.74) is 4.88. The zero-order valence-corrected chi connectivity index (χ0v) is 12.6. The first kappa shape index (κ1) is 14.5. The van der Waals surface area contributed by atoms with Crippen LogP contribution in [-0.2, 0) is 0 Å². The second-order valence-corrected chi connectivity index (χ2v) is 5.60. The number of nitrogens with two attached hydrogens (primary N) is 1. The van der Waals surface area contributed by atoms with E-state index in [9.17, 15) is 4.39 Å². The van der Waals surface area contributed by atoms with Crippen LogP contribution in [-0.4, -0.2) is 0 Å². The summed E-state index contributed by atoms with van der Waals surface area (Å²) in [6, 6.07) is 9.86. The Bertz CT molecular complexity index is 604. The number of nitrogens with one attached hydrogen (secondary N) is 1. The molecule has 0 amide bonds. The van der Waals surface area contributed by atoms with Crippen molar-refractivity contribution >= 4 is 27.5 Å². The maximum atomic E-state index is 13.9. The molecule has 0 heterocycles. The Balaban J connectivity index is 2.49. The monoisotopic (exact) mass is 342 g/mol. The number of hydrogen-bond acceptors (Lipinski definition) is 2. The van der Waals surface area contributed by atoms with Crippen LogP contribution >= 0.6 is 27.5 Å². The fourth-order valence-corrected chi connectivity index (χ4v) is 2.46. The van der Waals surface area contributed by atoms with Crippen molar-refractivity contribution in [2.24, 2.45) is 5.84 Å². The first-order valence-electron chi connectivity index (χ1n) is 5.70. The van der Waals surface area contributed by atoms with Gasteiger partial charge in [0.2, 0.25) is 0 Å². The quantitative estimate of drug-likeness (QED) is 0.650. The Morgan fingerprint density at radius 2 is 2.00 bits per heavy atom. The largest absolute Gasteiger partial charge is 0.271 e. The maximum absolute atomic E-state index is 13.9. The molecule has 5 heteroatoms. The summed E-state index contributed by atoms with van der Waals surface area (Å²) in [4.78, 5) is 0. The standard InChI is InChI=1S/C14H13BrClFN2/c1-8-2-3-9(6-12(8)16)14(19-18)11-7-10(15)4-5-13(11)17/h2-7,14,19H,18H2,1H3. The molecule has 0 spiro atoms. The first-order chi connectivity index (χ1) is 9.02. The molecule has 0 aliphatic heterocycles. The lowest BCUT2D eigenvalue weighted by molar-refractivity contribution is 0.559. The van der Waals surface area contributed by atoms with Gasteiger partial charge in [-0.1, -0.05) is 39.7 Å². The Labute approximate surface area is 124 Å². The highest BCUT2D eigenvalue weighted by molar-refractivity contribution is 9.10. The van der Waals surface area contributed by atoms with Crippen LogP contribution in [0.4, 0.5) is 4.39 Å². The van der Waals surface area contributed by atoms with Crippen LogP contribution < -0.4 is 11.3 Å². The molecular weight excluding hydrogens is 331 g/mol. The van der Waals surface area contributed by atoms with Crippen LogP contribution in [0.1, 0.15) is 22.7 Å². The van der Waals surface area contributed by atoms with Crippen LogP contribution in [0.5, 0.6) is 0 Å². The number of rotatable bonds is 3. The predicted octanol–water partition coefficient (Wildman–Crippen LogP) is 4.10. The van der Waals surface area contributed by atoms with E-state index in [1.54, 1.807) is 18.2 Å². The molecule has 0 saturated carbocycles. The van der Waals surface area contributed by atoms with E-state index in [1.165, 1.54) is 6.07 Å². The Morgan fingerprint density at radius 1 is 1.26 bits per heavy atom. The fraction of sp³-hybridized carbons (Fsp3) is 0.143. The molecule has 0 fully saturated rings. The Hall–Kier alpha value is -0.940. The van der Waals surface area contributed by atoms with Crippen molar-refractivity contribution in [1.29, 1.82) is 0 Å². The molecule has 1 atom stereocenters. The van der Waals surface area contributed by atoms with Gasteiger partial charge < -0.3 is 0 Å². The first-order valence-corrected chi connectivity index (χ1v) is 6.87. The number of halogens is 3. The van der Waals surface area contributed by atoms with Gasteiger partial charge in [0.1, 0.15) is 5.82 Å². The van der Waals surface area contributed by atoms with E-state index in [0.29, 0.717) is 10.6 Å². The zero-order chi connectivity index (χ0) is 14.0. The average Bonchev–Trinajstić information content (AvgIpc) is 2.38. The molecule has 100 valence electrons. The Morgan fingerprint density at radius 3 is 2.63 bits per heavy atom. The molecule has 0 bridgehead atoms. The number of hydrazine groups is 1. The van der Waals surface area contributed by atoms with Gasteiger partial charge in [0.05, 0.1) is 6.04 Å². The third-order valence-corrected chi connectivity index (χ3v) is 3.87. The molecular formula is C14H13BrClFN2. The molecule has 1 unspecified atom stereocenters. The molecule has 2 rings (SSSR count). The van der Waals surface area contributed by atoms with Crippen molar-refractivity contribution in [3.8, 4) is 0 Å². The van der Waals surface area contributed by atoms with Crippen molar-refractivity contribution < 1.29 is 4.39 Å². The highest BCUT2D eigenvalue weighted by Gasteiger charge is 2.17. The second-order valence-electron chi connectivity index (χ2n) is 4.27. The SMILES string of the molecule is Cc1ccc(C(NN)c2cc(Br)ccc2F)cc1Cl. The average molecular weight is 344 g/mol. The molecule has 0 aliphatic rings. The molecule has 0 aliphatic carbocycles. The summed E-state index contributed by atoms with van der Waals surface area (Å²) in [5.74, 6) is 5.25. The number of aryl methyl sites for hydroxylation is 1. The van der Waals surface area contributed by atoms with Crippen molar-refractivity contribution in [1.82, 2.24) is 5.43 Å². The topological polar surface area (TPSA) is 38.0 Å². The van der Waals surface area contributed by atoms with Gasteiger partial charge in [0.15, 0.2) is 0 Å². The van der Waals surface area contributed by atoms with Crippen LogP contribution in [0, 0.1) is 12.7 Å².